The van der Waals surface area contributed by atoms with Crippen LogP contribution in [0.15, 0.2) is 17.1 Å². The Morgan fingerprint density at radius 1 is 1.58 bits per heavy atom. The quantitative estimate of drug-likeness (QED) is 0.649. The van der Waals surface area contributed by atoms with Crippen molar-refractivity contribution in [2.24, 2.45) is 4.99 Å². The predicted octanol–water partition coefficient (Wildman–Crippen LogP) is 2.57. The molecule has 0 fully saturated rings. The molecule has 0 amide bonds. The van der Waals surface area contributed by atoms with Gasteiger partial charge in [0.25, 0.3) is 0 Å². The monoisotopic (exact) mass is 303 g/mol. The lowest BCUT2D eigenvalue weighted by Gasteiger charge is -2.26. The lowest BCUT2D eigenvalue weighted by Crippen LogP contribution is -2.45. The molecule has 4 nitrogen and oxygen atoms in total. The number of rotatable bonds is 5. The summed E-state index contributed by atoms with van der Waals surface area (Å²) in [6.07, 6.45) is 0.696. The van der Waals surface area contributed by atoms with Crippen LogP contribution < -0.4 is 5.32 Å². The van der Waals surface area contributed by atoms with Crippen LogP contribution in [0.3, 0.4) is 0 Å². The number of hydrogen-bond acceptors (Lipinski definition) is 3. The molecule has 0 aliphatic rings. The normalized spacial score (nSPS) is 15.2. The van der Waals surface area contributed by atoms with Gasteiger partial charge in [-0.2, -0.15) is 0 Å². The smallest absolute Gasteiger partial charge is 0.193 e. The lowest BCUT2D eigenvalue weighted by atomic mass is 10.0. The third kappa shape index (κ3) is 5.38. The minimum atomic E-state index is -0.719. The van der Waals surface area contributed by atoms with Gasteiger partial charge in [0.15, 0.2) is 5.96 Å². The summed E-state index contributed by atoms with van der Waals surface area (Å²) in [7, 11) is 3.70. The van der Waals surface area contributed by atoms with Gasteiger partial charge in [0.1, 0.15) is 0 Å². The third-order valence-corrected chi connectivity index (χ3v) is 4.20. The Morgan fingerprint density at radius 3 is 2.74 bits per heavy atom. The molecular weight excluding hydrogens is 282 g/mol. The van der Waals surface area contributed by atoms with Crippen LogP contribution in [0, 0.1) is 0 Å². The maximum atomic E-state index is 9.99. The van der Waals surface area contributed by atoms with Gasteiger partial charge >= 0.3 is 0 Å². The Balaban J connectivity index is 2.55. The second kappa shape index (κ2) is 7.12. The van der Waals surface area contributed by atoms with E-state index in [-0.39, 0.29) is 0 Å². The van der Waals surface area contributed by atoms with Gasteiger partial charge in [-0.1, -0.05) is 18.5 Å². The number of aliphatic imine (C=N–C) groups is 1. The summed E-state index contributed by atoms with van der Waals surface area (Å²) in [5.41, 5.74) is -0.719. The SMILES string of the molecule is CCC(C)(O)CNC(=NC)N(C)Cc1ccc(Cl)s1. The molecular formula is C13H22ClN3OS. The Labute approximate surface area is 124 Å². The molecule has 0 radical (unpaired) electrons. The third-order valence-electron chi connectivity index (χ3n) is 2.98. The molecule has 0 saturated carbocycles. The van der Waals surface area contributed by atoms with Crippen LogP contribution in [0.25, 0.3) is 0 Å². The number of nitrogens with zero attached hydrogens (tertiary/aromatic N) is 2. The molecule has 1 aromatic rings. The number of halogens is 1. The molecule has 0 saturated heterocycles. The van der Waals surface area contributed by atoms with Crippen LogP contribution in [-0.4, -0.2) is 42.2 Å². The van der Waals surface area contributed by atoms with Crippen LogP contribution in [-0.2, 0) is 6.54 Å². The standard InChI is InChI=1S/C13H22ClN3OS/c1-5-13(2,18)9-16-12(15-3)17(4)8-10-6-7-11(14)19-10/h6-7,18H,5,8-9H2,1-4H3,(H,15,16). The van der Waals surface area contributed by atoms with Crippen molar-refractivity contribution in [3.63, 3.8) is 0 Å². The summed E-state index contributed by atoms with van der Waals surface area (Å²) in [4.78, 5) is 7.41. The highest BCUT2D eigenvalue weighted by molar-refractivity contribution is 7.16. The lowest BCUT2D eigenvalue weighted by molar-refractivity contribution is 0.0598. The molecule has 108 valence electrons. The van der Waals surface area contributed by atoms with Crippen LogP contribution in [0.5, 0.6) is 0 Å². The Kier molecular flexibility index (Phi) is 6.10. The summed E-state index contributed by atoms with van der Waals surface area (Å²) in [6, 6.07) is 3.91. The Hall–Kier alpha value is -0.780. The van der Waals surface area contributed by atoms with E-state index in [0.717, 1.165) is 16.8 Å². The van der Waals surface area contributed by atoms with E-state index in [1.807, 2.05) is 37.9 Å². The zero-order chi connectivity index (χ0) is 14.5. The average molecular weight is 304 g/mol. The molecule has 0 aliphatic carbocycles. The van der Waals surface area contributed by atoms with Crippen molar-refractivity contribution in [2.75, 3.05) is 20.6 Å². The average Bonchev–Trinajstić information content (AvgIpc) is 2.75. The number of aliphatic hydroxyl groups is 1. The highest BCUT2D eigenvalue weighted by Crippen LogP contribution is 2.22. The van der Waals surface area contributed by atoms with Gasteiger partial charge < -0.3 is 15.3 Å². The number of guanidine groups is 1. The van der Waals surface area contributed by atoms with E-state index in [9.17, 15) is 5.11 Å². The Bertz CT molecular complexity index is 431. The molecule has 6 heteroatoms. The molecule has 2 N–H and O–H groups in total. The second-order valence-electron chi connectivity index (χ2n) is 4.81. The van der Waals surface area contributed by atoms with Crippen molar-refractivity contribution in [2.45, 2.75) is 32.4 Å². The molecule has 1 unspecified atom stereocenters. The minimum absolute atomic E-state index is 0.478. The summed E-state index contributed by atoms with van der Waals surface area (Å²) < 4.78 is 0.792. The van der Waals surface area contributed by atoms with Crippen LogP contribution in [0.1, 0.15) is 25.1 Å². The summed E-state index contributed by atoms with van der Waals surface area (Å²) in [6.45, 7) is 4.99. The molecule has 1 atom stereocenters. The van der Waals surface area contributed by atoms with Crippen molar-refractivity contribution in [3.05, 3.63) is 21.3 Å². The Morgan fingerprint density at radius 2 is 2.26 bits per heavy atom. The van der Waals surface area contributed by atoms with E-state index < -0.39 is 5.60 Å². The zero-order valence-electron chi connectivity index (χ0n) is 11.9. The van der Waals surface area contributed by atoms with Gasteiger partial charge in [-0.25, -0.2) is 0 Å². The second-order valence-corrected chi connectivity index (χ2v) is 6.61. The van der Waals surface area contributed by atoms with E-state index >= 15 is 0 Å². The largest absolute Gasteiger partial charge is 0.388 e. The van der Waals surface area contributed by atoms with Crippen LogP contribution in [0.2, 0.25) is 4.34 Å². The van der Waals surface area contributed by atoms with Gasteiger partial charge in [-0.05, 0) is 25.5 Å². The van der Waals surface area contributed by atoms with Crippen LogP contribution >= 0.6 is 22.9 Å². The number of thiophene rings is 1. The van der Waals surface area contributed by atoms with Gasteiger partial charge in [0, 0.05) is 25.5 Å². The maximum absolute atomic E-state index is 9.99. The van der Waals surface area contributed by atoms with Gasteiger partial charge in [-0.3, -0.25) is 4.99 Å². The van der Waals surface area contributed by atoms with E-state index in [1.54, 1.807) is 18.4 Å². The molecule has 0 aromatic carbocycles. The summed E-state index contributed by atoms with van der Waals surface area (Å²) in [5, 5.41) is 13.2. The van der Waals surface area contributed by atoms with Crippen molar-refractivity contribution >= 4 is 28.9 Å². The molecule has 1 aromatic heterocycles. The van der Waals surface area contributed by atoms with Crippen molar-refractivity contribution in [1.29, 1.82) is 0 Å². The maximum Gasteiger partial charge on any atom is 0.193 e. The molecule has 0 aliphatic heterocycles. The van der Waals surface area contributed by atoms with Gasteiger partial charge in [0.05, 0.1) is 16.5 Å². The molecule has 1 rings (SSSR count). The topological polar surface area (TPSA) is 47.9 Å². The molecule has 1 heterocycles. The zero-order valence-corrected chi connectivity index (χ0v) is 13.5. The fourth-order valence-corrected chi connectivity index (χ4v) is 2.67. The van der Waals surface area contributed by atoms with Crippen molar-refractivity contribution in [1.82, 2.24) is 10.2 Å². The van der Waals surface area contributed by atoms with E-state index in [2.05, 4.69) is 10.3 Å². The first-order valence-electron chi connectivity index (χ1n) is 6.26. The summed E-state index contributed by atoms with van der Waals surface area (Å²) in [5.74, 6) is 0.762. The predicted molar refractivity (Wildman–Crippen MR) is 83.1 cm³/mol. The highest BCUT2D eigenvalue weighted by atomic mass is 35.5. The van der Waals surface area contributed by atoms with Gasteiger partial charge in [-0.15, -0.1) is 11.3 Å². The van der Waals surface area contributed by atoms with Crippen molar-refractivity contribution in [3.8, 4) is 0 Å². The fourth-order valence-electron chi connectivity index (χ4n) is 1.52. The highest BCUT2D eigenvalue weighted by Gasteiger charge is 2.18. The van der Waals surface area contributed by atoms with E-state index in [4.69, 9.17) is 11.6 Å². The minimum Gasteiger partial charge on any atom is -0.388 e. The first-order valence-corrected chi connectivity index (χ1v) is 7.46. The number of hydrogen-bond donors (Lipinski definition) is 2. The molecule has 19 heavy (non-hydrogen) atoms. The summed E-state index contributed by atoms with van der Waals surface area (Å²) >= 11 is 7.48. The van der Waals surface area contributed by atoms with Crippen LogP contribution in [0.4, 0.5) is 0 Å². The number of nitrogens with one attached hydrogen (secondary N) is 1. The van der Waals surface area contributed by atoms with E-state index in [1.165, 1.54) is 4.88 Å². The molecule has 0 spiro atoms. The van der Waals surface area contributed by atoms with E-state index in [0.29, 0.717) is 13.0 Å². The first kappa shape index (κ1) is 16.3. The molecule has 0 bridgehead atoms. The van der Waals surface area contributed by atoms with Crippen molar-refractivity contribution < 1.29 is 5.11 Å². The van der Waals surface area contributed by atoms with Gasteiger partial charge in [0.2, 0.25) is 0 Å². The first-order chi connectivity index (χ1) is 8.88. The fraction of sp³-hybridized carbons (Fsp3) is 0.615.